The Morgan fingerprint density at radius 1 is 1.41 bits per heavy atom. The van der Waals surface area contributed by atoms with E-state index >= 15 is 0 Å². The Morgan fingerprint density at radius 2 is 2.12 bits per heavy atom. The molecule has 0 aliphatic carbocycles. The highest BCUT2D eigenvalue weighted by atomic mass is 16.1. The van der Waals surface area contributed by atoms with Gasteiger partial charge in [-0.1, -0.05) is 29.8 Å². The molecule has 0 saturated heterocycles. The van der Waals surface area contributed by atoms with E-state index < -0.39 is 5.92 Å². The molecule has 0 fully saturated rings. The number of carbonyl (C=O) groups is 1. The van der Waals surface area contributed by atoms with Crippen molar-refractivity contribution in [2.75, 3.05) is 6.54 Å². The van der Waals surface area contributed by atoms with E-state index in [9.17, 15) is 4.79 Å². The molecule has 86 valence electrons. The van der Waals surface area contributed by atoms with Crippen molar-refractivity contribution in [1.29, 1.82) is 5.26 Å². The Balaban J connectivity index is 2.23. The number of nitriles is 1. The minimum atomic E-state index is -0.694. The maximum Gasteiger partial charge on any atom is 0.185 e. The summed E-state index contributed by atoms with van der Waals surface area (Å²) in [6.07, 6.45) is 1.73. The van der Waals surface area contributed by atoms with Crippen LogP contribution in [0.1, 0.15) is 28.8 Å². The Morgan fingerprint density at radius 3 is 2.65 bits per heavy atom. The van der Waals surface area contributed by atoms with Crippen molar-refractivity contribution in [1.82, 2.24) is 0 Å². The molecule has 1 heterocycles. The van der Waals surface area contributed by atoms with Crippen molar-refractivity contribution in [2.24, 2.45) is 10.9 Å². The molecule has 3 heteroatoms. The first-order valence-electron chi connectivity index (χ1n) is 5.76. The standard InChI is InChI=1S/C14H14N2O/c1-10-4-6-11(7-5-10)14(17)12(9-15)13-3-2-8-16-13/h4-7,12H,2-3,8H2,1H3. The molecule has 0 bridgehead atoms. The van der Waals surface area contributed by atoms with E-state index in [2.05, 4.69) is 11.1 Å². The summed E-state index contributed by atoms with van der Waals surface area (Å²) >= 11 is 0. The first-order valence-corrected chi connectivity index (χ1v) is 5.76. The fourth-order valence-corrected chi connectivity index (χ4v) is 1.97. The van der Waals surface area contributed by atoms with Crippen LogP contribution in [0.4, 0.5) is 0 Å². The van der Waals surface area contributed by atoms with Crippen molar-refractivity contribution in [3.8, 4) is 6.07 Å². The van der Waals surface area contributed by atoms with Crippen molar-refractivity contribution >= 4 is 11.5 Å². The molecule has 0 spiro atoms. The molecule has 1 aromatic carbocycles. The number of benzene rings is 1. The maximum atomic E-state index is 12.2. The van der Waals surface area contributed by atoms with Crippen LogP contribution in [0.25, 0.3) is 0 Å². The topological polar surface area (TPSA) is 53.2 Å². The predicted molar refractivity (Wildman–Crippen MR) is 66.1 cm³/mol. The second-order valence-electron chi connectivity index (χ2n) is 4.27. The summed E-state index contributed by atoms with van der Waals surface area (Å²) in [4.78, 5) is 16.4. The van der Waals surface area contributed by atoms with Crippen molar-refractivity contribution < 1.29 is 4.79 Å². The molecule has 0 radical (unpaired) electrons. The Hall–Kier alpha value is -1.95. The molecular weight excluding hydrogens is 212 g/mol. The molecule has 3 nitrogen and oxygen atoms in total. The highest BCUT2D eigenvalue weighted by Crippen LogP contribution is 2.17. The number of aliphatic imine (C=N–C) groups is 1. The third-order valence-corrected chi connectivity index (χ3v) is 2.97. The molecular formula is C14H14N2O. The van der Waals surface area contributed by atoms with E-state index in [1.807, 2.05) is 19.1 Å². The molecule has 0 N–H and O–H groups in total. The van der Waals surface area contributed by atoms with Gasteiger partial charge in [0.05, 0.1) is 6.07 Å². The van der Waals surface area contributed by atoms with Gasteiger partial charge in [-0.2, -0.15) is 5.26 Å². The quantitative estimate of drug-likeness (QED) is 0.744. The lowest BCUT2D eigenvalue weighted by Gasteiger charge is -2.08. The number of ketones is 1. The van der Waals surface area contributed by atoms with E-state index in [-0.39, 0.29) is 5.78 Å². The molecule has 1 unspecified atom stereocenters. The lowest BCUT2D eigenvalue weighted by atomic mass is 9.92. The Labute approximate surface area is 101 Å². The largest absolute Gasteiger partial charge is 0.292 e. The normalized spacial score (nSPS) is 16.1. The Bertz CT molecular complexity index is 494. The number of carbonyl (C=O) groups excluding carboxylic acids is 1. The number of rotatable bonds is 3. The molecule has 17 heavy (non-hydrogen) atoms. The lowest BCUT2D eigenvalue weighted by Crippen LogP contribution is -2.21. The summed E-state index contributed by atoms with van der Waals surface area (Å²) in [6, 6.07) is 9.40. The predicted octanol–water partition coefficient (Wildman–Crippen LogP) is 2.55. The molecule has 1 aliphatic rings. The average molecular weight is 226 g/mol. The van der Waals surface area contributed by atoms with Gasteiger partial charge in [0.25, 0.3) is 0 Å². The van der Waals surface area contributed by atoms with Crippen molar-refractivity contribution in [3.63, 3.8) is 0 Å². The van der Waals surface area contributed by atoms with E-state index in [0.717, 1.165) is 30.7 Å². The van der Waals surface area contributed by atoms with Crippen LogP contribution in [0.2, 0.25) is 0 Å². The summed E-state index contributed by atoms with van der Waals surface area (Å²) in [6.45, 7) is 2.71. The molecule has 0 saturated carbocycles. The fraction of sp³-hybridized carbons (Fsp3) is 0.357. The van der Waals surface area contributed by atoms with E-state index in [4.69, 9.17) is 5.26 Å². The van der Waals surface area contributed by atoms with Gasteiger partial charge in [0, 0.05) is 17.8 Å². The smallest absolute Gasteiger partial charge is 0.185 e. The van der Waals surface area contributed by atoms with Crippen LogP contribution in [-0.2, 0) is 0 Å². The third-order valence-electron chi connectivity index (χ3n) is 2.97. The van der Waals surface area contributed by atoms with Crippen LogP contribution in [0.15, 0.2) is 29.3 Å². The second kappa shape index (κ2) is 4.92. The average Bonchev–Trinajstić information content (AvgIpc) is 2.84. The van der Waals surface area contributed by atoms with Gasteiger partial charge < -0.3 is 0 Å². The zero-order valence-corrected chi connectivity index (χ0v) is 9.81. The van der Waals surface area contributed by atoms with Crippen molar-refractivity contribution in [3.05, 3.63) is 35.4 Å². The number of Topliss-reactive ketones (excluding diaryl/α,β-unsaturated/α-hetero) is 1. The first-order chi connectivity index (χ1) is 8.22. The zero-order chi connectivity index (χ0) is 12.3. The van der Waals surface area contributed by atoms with Gasteiger partial charge in [0.15, 0.2) is 5.78 Å². The van der Waals surface area contributed by atoms with Crippen LogP contribution < -0.4 is 0 Å². The minimum absolute atomic E-state index is 0.131. The van der Waals surface area contributed by atoms with E-state index in [0.29, 0.717) is 5.56 Å². The summed E-state index contributed by atoms with van der Waals surface area (Å²) in [5.41, 5.74) is 2.45. The summed E-state index contributed by atoms with van der Waals surface area (Å²) in [7, 11) is 0. The number of hydrogen-bond acceptors (Lipinski definition) is 3. The second-order valence-corrected chi connectivity index (χ2v) is 4.27. The van der Waals surface area contributed by atoms with Gasteiger partial charge in [-0.15, -0.1) is 0 Å². The van der Waals surface area contributed by atoms with Crippen LogP contribution in [-0.4, -0.2) is 18.0 Å². The third kappa shape index (κ3) is 2.42. The summed E-state index contributed by atoms with van der Waals surface area (Å²) in [5.74, 6) is -0.826. The molecule has 1 aromatic rings. The van der Waals surface area contributed by atoms with Gasteiger partial charge in [-0.3, -0.25) is 9.79 Å². The SMILES string of the molecule is Cc1ccc(C(=O)C(C#N)C2=NCCC2)cc1. The number of aryl methyl sites for hydroxylation is 1. The van der Waals surface area contributed by atoms with Gasteiger partial charge in [0.1, 0.15) is 5.92 Å². The maximum absolute atomic E-state index is 12.2. The highest BCUT2D eigenvalue weighted by molar-refractivity contribution is 6.14. The lowest BCUT2D eigenvalue weighted by molar-refractivity contribution is 0.0974. The van der Waals surface area contributed by atoms with E-state index in [1.54, 1.807) is 12.1 Å². The molecule has 1 aliphatic heterocycles. The minimum Gasteiger partial charge on any atom is -0.292 e. The number of nitrogens with zero attached hydrogens (tertiary/aromatic N) is 2. The fourth-order valence-electron chi connectivity index (χ4n) is 1.97. The van der Waals surface area contributed by atoms with Crippen molar-refractivity contribution in [2.45, 2.75) is 19.8 Å². The van der Waals surface area contributed by atoms with Gasteiger partial charge in [-0.05, 0) is 19.8 Å². The van der Waals surface area contributed by atoms with Crippen LogP contribution in [0, 0.1) is 24.2 Å². The van der Waals surface area contributed by atoms with Gasteiger partial charge in [0.2, 0.25) is 0 Å². The van der Waals surface area contributed by atoms with Gasteiger partial charge in [-0.25, -0.2) is 0 Å². The molecule has 0 amide bonds. The monoisotopic (exact) mass is 226 g/mol. The van der Waals surface area contributed by atoms with Crippen LogP contribution in [0.5, 0.6) is 0 Å². The first kappa shape index (κ1) is 11.5. The summed E-state index contributed by atoms with van der Waals surface area (Å²) in [5, 5.41) is 9.12. The molecule has 2 rings (SSSR count). The molecule has 1 atom stereocenters. The highest BCUT2D eigenvalue weighted by Gasteiger charge is 2.26. The van der Waals surface area contributed by atoms with E-state index in [1.165, 1.54) is 0 Å². The Kier molecular flexibility index (Phi) is 3.34. The van der Waals surface area contributed by atoms with Crippen LogP contribution >= 0.6 is 0 Å². The van der Waals surface area contributed by atoms with Crippen LogP contribution in [0.3, 0.4) is 0 Å². The summed E-state index contributed by atoms with van der Waals surface area (Å²) < 4.78 is 0. The number of hydrogen-bond donors (Lipinski definition) is 0. The van der Waals surface area contributed by atoms with Gasteiger partial charge >= 0.3 is 0 Å². The molecule has 0 aromatic heterocycles. The zero-order valence-electron chi connectivity index (χ0n) is 9.81.